The Morgan fingerprint density at radius 3 is 2.35 bits per heavy atom. The number of piperidine rings is 1. The molecule has 2 heterocycles. The number of aromatic nitrogens is 1. The molecule has 1 N–H and O–H groups in total. The molecule has 34 heavy (non-hydrogen) atoms. The van der Waals surface area contributed by atoms with Crippen LogP contribution in [0.15, 0.2) is 54.7 Å². The Kier molecular flexibility index (Phi) is 7.79. The molecule has 2 aromatic rings. The zero-order chi connectivity index (χ0) is 24.2. The molecular weight excluding hydrogens is 467 g/mol. The summed E-state index contributed by atoms with van der Waals surface area (Å²) in [6.45, 7) is 0.956. The van der Waals surface area contributed by atoms with Crippen LogP contribution in [-0.4, -0.2) is 50.8 Å². The van der Waals surface area contributed by atoms with E-state index >= 15 is 0 Å². The Balaban J connectivity index is 1.39. The van der Waals surface area contributed by atoms with Crippen LogP contribution in [0.5, 0.6) is 0 Å². The van der Waals surface area contributed by atoms with E-state index in [1.54, 1.807) is 12.3 Å². The van der Waals surface area contributed by atoms with E-state index in [9.17, 15) is 21.6 Å². The molecular formula is C24H30F3N3O3S. The van der Waals surface area contributed by atoms with Crippen molar-refractivity contribution in [3.05, 3.63) is 60.3 Å². The maximum atomic E-state index is 13.0. The molecule has 1 aromatic carbocycles. The Labute approximate surface area is 198 Å². The van der Waals surface area contributed by atoms with Crippen LogP contribution in [-0.2, 0) is 14.8 Å². The molecule has 1 aliphatic carbocycles. The van der Waals surface area contributed by atoms with Crippen molar-refractivity contribution in [2.45, 2.75) is 55.7 Å². The van der Waals surface area contributed by atoms with Gasteiger partial charge in [-0.25, -0.2) is 18.1 Å². The van der Waals surface area contributed by atoms with Gasteiger partial charge in [-0.1, -0.05) is 36.4 Å². The number of halogens is 3. The molecule has 186 valence electrons. The zero-order valence-corrected chi connectivity index (χ0v) is 19.6. The van der Waals surface area contributed by atoms with Gasteiger partial charge in [0, 0.05) is 31.2 Å². The molecule has 2 aliphatic rings. The minimum atomic E-state index is -5.43. The minimum Gasteiger partial charge on any atom is -0.378 e. The van der Waals surface area contributed by atoms with Gasteiger partial charge >= 0.3 is 15.5 Å². The van der Waals surface area contributed by atoms with Crippen LogP contribution in [0.4, 0.5) is 19.0 Å². The predicted octanol–water partition coefficient (Wildman–Crippen LogP) is 4.46. The van der Waals surface area contributed by atoms with Crippen LogP contribution in [0, 0.1) is 5.92 Å². The van der Waals surface area contributed by atoms with Crippen LogP contribution >= 0.6 is 0 Å². The standard InChI is InChI=1S/C24H30F3N3O3S/c25-24(26,27)34(31,32)29-22-13-15-30(23-8-4-5-14-28-23)16-20(22)17-33-21-11-9-19(10-12-21)18-6-2-1-3-7-18/h1-8,14,19-22,29H,9-13,15-17H2/t19?,20-,21?,22?/m0/s1. The number of alkyl halides is 3. The number of hydrogen-bond acceptors (Lipinski definition) is 5. The van der Waals surface area contributed by atoms with Crippen molar-refractivity contribution in [2.24, 2.45) is 5.92 Å². The normalized spacial score (nSPS) is 26.4. The number of nitrogens with zero attached hydrogens (tertiary/aromatic N) is 2. The highest BCUT2D eigenvalue weighted by Gasteiger charge is 2.48. The van der Waals surface area contributed by atoms with Crippen molar-refractivity contribution >= 4 is 15.8 Å². The summed E-state index contributed by atoms with van der Waals surface area (Å²) in [6.07, 6.45) is 5.63. The summed E-state index contributed by atoms with van der Waals surface area (Å²) in [4.78, 5) is 6.30. The average molecular weight is 498 g/mol. The number of rotatable bonds is 7. The summed E-state index contributed by atoms with van der Waals surface area (Å²) in [5.41, 5.74) is -4.02. The summed E-state index contributed by atoms with van der Waals surface area (Å²) in [5.74, 6) is 0.773. The highest BCUT2D eigenvalue weighted by Crippen LogP contribution is 2.34. The lowest BCUT2D eigenvalue weighted by Crippen LogP contribution is -2.54. The number of sulfonamides is 1. The molecule has 0 spiro atoms. The molecule has 1 aromatic heterocycles. The first-order valence-corrected chi connectivity index (χ1v) is 13.1. The van der Waals surface area contributed by atoms with Gasteiger partial charge in [-0.15, -0.1) is 0 Å². The smallest absolute Gasteiger partial charge is 0.378 e. The summed E-state index contributed by atoms with van der Waals surface area (Å²) < 4.78 is 70.7. The van der Waals surface area contributed by atoms with E-state index in [0.717, 1.165) is 25.7 Å². The van der Waals surface area contributed by atoms with E-state index in [2.05, 4.69) is 17.1 Å². The third-order valence-corrected chi connectivity index (χ3v) is 8.03. The molecule has 1 saturated heterocycles. The monoisotopic (exact) mass is 497 g/mol. The molecule has 1 saturated carbocycles. The third-order valence-electron chi connectivity index (χ3n) is 6.81. The van der Waals surface area contributed by atoms with Crippen molar-refractivity contribution in [1.82, 2.24) is 9.71 Å². The fourth-order valence-electron chi connectivity index (χ4n) is 4.92. The molecule has 10 heteroatoms. The van der Waals surface area contributed by atoms with Crippen molar-refractivity contribution in [1.29, 1.82) is 0 Å². The molecule has 0 radical (unpaired) electrons. The molecule has 6 nitrogen and oxygen atoms in total. The maximum Gasteiger partial charge on any atom is 0.511 e. The van der Waals surface area contributed by atoms with Crippen LogP contribution in [0.2, 0.25) is 0 Å². The maximum absolute atomic E-state index is 13.0. The first kappa shape index (κ1) is 24.9. The van der Waals surface area contributed by atoms with Crippen molar-refractivity contribution in [2.75, 3.05) is 24.6 Å². The molecule has 0 bridgehead atoms. The van der Waals surface area contributed by atoms with Crippen molar-refractivity contribution in [3.8, 4) is 0 Å². The Morgan fingerprint density at radius 1 is 1.00 bits per heavy atom. The third kappa shape index (κ3) is 6.09. The van der Waals surface area contributed by atoms with E-state index < -0.39 is 27.5 Å². The SMILES string of the molecule is O=S(=O)(NC1CCN(c2ccccn2)C[C@H]1COC1CCC(c2ccccc2)CC1)C(F)(F)F. The van der Waals surface area contributed by atoms with Crippen molar-refractivity contribution < 1.29 is 26.3 Å². The number of benzene rings is 1. The second-order valence-corrected chi connectivity index (χ2v) is 10.8. The predicted molar refractivity (Wildman–Crippen MR) is 124 cm³/mol. The van der Waals surface area contributed by atoms with Gasteiger partial charge in [-0.3, -0.25) is 0 Å². The summed E-state index contributed by atoms with van der Waals surface area (Å²) >= 11 is 0. The van der Waals surface area contributed by atoms with Crippen LogP contribution in [0.3, 0.4) is 0 Å². The van der Waals surface area contributed by atoms with Gasteiger partial charge in [0.25, 0.3) is 0 Å². The molecule has 1 unspecified atom stereocenters. The average Bonchev–Trinajstić information content (AvgIpc) is 2.84. The van der Waals surface area contributed by atoms with Gasteiger partial charge in [-0.2, -0.15) is 13.2 Å². The number of pyridine rings is 1. The highest BCUT2D eigenvalue weighted by molar-refractivity contribution is 7.90. The fraction of sp³-hybridized carbons (Fsp3) is 0.542. The van der Waals surface area contributed by atoms with Gasteiger partial charge < -0.3 is 9.64 Å². The van der Waals surface area contributed by atoms with Gasteiger partial charge in [0.05, 0.1) is 12.7 Å². The van der Waals surface area contributed by atoms with E-state index in [-0.39, 0.29) is 19.1 Å². The fourth-order valence-corrected chi connectivity index (χ4v) is 5.76. The van der Waals surface area contributed by atoms with Gasteiger partial charge in [0.2, 0.25) is 0 Å². The quantitative estimate of drug-likeness (QED) is 0.612. The van der Waals surface area contributed by atoms with Gasteiger partial charge in [0.15, 0.2) is 0 Å². The number of hydrogen-bond donors (Lipinski definition) is 1. The zero-order valence-electron chi connectivity index (χ0n) is 18.8. The molecule has 0 amide bonds. The summed E-state index contributed by atoms with van der Waals surface area (Å²) in [5, 5.41) is 0. The first-order chi connectivity index (χ1) is 16.2. The Morgan fingerprint density at radius 2 is 1.71 bits per heavy atom. The summed E-state index contributed by atoms with van der Waals surface area (Å²) in [6, 6.07) is 15.0. The van der Waals surface area contributed by atoms with Gasteiger partial charge in [-0.05, 0) is 55.7 Å². The number of nitrogens with one attached hydrogen (secondary N) is 1. The molecule has 2 fully saturated rings. The number of ether oxygens (including phenoxy) is 1. The number of anilines is 1. The molecule has 4 rings (SSSR count). The molecule has 1 aliphatic heterocycles. The Bertz CT molecular complexity index is 1010. The van der Waals surface area contributed by atoms with Crippen LogP contribution < -0.4 is 9.62 Å². The van der Waals surface area contributed by atoms with Crippen molar-refractivity contribution in [3.63, 3.8) is 0 Å². The first-order valence-electron chi connectivity index (χ1n) is 11.6. The van der Waals surface area contributed by atoms with Gasteiger partial charge in [0.1, 0.15) is 5.82 Å². The topological polar surface area (TPSA) is 71.5 Å². The second-order valence-electron chi connectivity index (χ2n) is 9.07. The van der Waals surface area contributed by atoms with Crippen LogP contribution in [0.1, 0.15) is 43.6 Å². The second kappa shape index (κ2) is 10.6. The lowest BCUT2D eigenvalue weighted by Gasteiger charge is -2.40. The van der Waals surface area contributed by atoms with E-state index in [4.69, 9.17) is 4.74 Å². The van der Waals surface area contributed by atoms with Crippen LogP contribution in [0.25, 0.3) is 0 Å². The lowest BCUT2D eigenvalue weighted by molar-refractivity contribution is -0.0460. The largest absolute Gasteiger partial charge is 0.511 e. The molecule has 2 atom stereocenters. The lowest BCUT2D eigenvalue weighted by atomic mass is 9.82. The Hall–Kier alpha value is -2.17. The van der Waals surface area contributed by atoms with E-state index in [1.165, 1.54) is 5.56 Å². The highest BCUT2D eigenvalue weighted by atomic mass is 32.2. The van der Waals surface area contributed by atoms with E-state index in [1.807, 2.05) is 40.0 Å². The minimum absolute atomic E-state index is 0.0186. The van der Waals surface area contributed by atoms with E-state index in [0.29, 0.717) is 24.8 Å². The summed E-state index contributed by atoms with van der Waals surface area (Å²) in [7, 11) is -5.43.